The van der Waals surface area contributed by atoms with Crippen LogP contribution >= 0.6 is 0 Å². The standard InChI is InChI=1S/C22H31N5O4/c1-13(2)12-26-20-16(7-4-14-8-10-31-11-9-14)18(23-3)25-27(20)22(30)17(21(26)29)19(28)24-15-5-6-15/h4,7,13-15,30H,5-6,8-12H2,1-3H3,(H,23,25)(H,24,28). The van der Waals surface area contributed by atoms with E-state index in [1.54, 1.807) is 11.6 Å². The normalized spacial score (nSPS) is 17.7. The molecule has 3 N–H and O–H groups in total. The number of aromatic nitrogens is 3. The van der Waals surface area contributed by atoms with Crippen molar-refractivity contribution in [2.24, 2.45) is 11.8 Å². The zero-order chi connectivity index (χ0) is 22.1. The zero-order valence-corrected chi connectivity index (χ0v) is 18.4. The molecule has 9 nitrogen and oxygen atoms in total. The Bertz CT molecular complexity index is 1060. The molecule has 1 aliphatic heterocycles. The van der Waals surface area contributed by atoms with E-state index < -0.39 is 17.3 Å². The summed E-state index contributed by atoms with van der Waals surface area (Å²) < 4.78 is 8.30. The van der Waals surface area contributed by atoms with Gasteiger partial charge in [0.1, 0.15) is 0 Å². The summed E-state index contributed by atoms with van der Waals surface area (Å²) in [5.74, 6) is 0.0994. The second-order valence-electron chi connectivity index (χ2n) is 8.81. The van der Waals surface area contributed by atoms with Crippen LogP contribution in [0.25, 0.3) is 11.7 Å². The van der Waals surface area contributed by atoms with Gasteiger partial charge < -0.3 is 20.5 Å². The summed E-state index contributed by atoms with van der Waals surface area (Å²) in [5, 5.41) is 21.2. The summed E-state index contributed by atoms with van der Waals surface area (Å²) in [7, 11) is 1.75. The van der Waals surface area contributed by atoms with E-state index in [1.165, 1.54) is 4.52 Å². The number of anilines is 1. The Morgan fingerprint density at radius 3 is 2.61 bits per heavy atom. The molecule has 0 bridgehead atoms. The number of amides is 1. The third-order valence-electron chi connectivity index (χ3n) is 5.76. The molecule has 2 fully saturated rings. The van der Waals surface area contributed by atoms with Crippen LogP contribution in [0.5, 0.6) is 5.88 Å². The SMILES string of the molecule is CNc1nn2c(O)c(C(=O)NC3CC3)c(=O)n(CC(C)C)c2c1C=CC1CCOCC1. The number of hydrogen-bond acceptors (Lipinski definition) is 6. The minimum absolute atomic E-state index is 0.0732. The van der Waals surface area contributed by atoms with Gasteiger partial charge in [-0.05, 0) is 37.5 Å². The summed E-state index contributed by atoms with van der Waals surface area (Å²) in [5.41, 5.74) is 0.438. The molecular formula is C22H31N5O4. The number of rotatable bonds is 7. The van der Waals surface area contributed by atoms with Crippen molar-refractivity contribution in [3.63, 3.8) is 0 Å². The predicted molar refractivity (Wildman–Crippen MR) is 119 cm³/mol. The Morgan fingerprint density at radius 2 is 2.00 bits per heavy atom. The smallest absolute Gasteiger partial charge is 0.270 e. The van der Waals surface area contributed by atoms with Crippen LogP contribution < -0.4 is 16.2 Å². The first-order valence-electron chi connectivity index (χ1n) is 11.0. The maximum Gasteiger partial charge on any atom is 0.270 e. The molecule has 31 heavy (non-hydrogen) atoms. The lowest BCUT2D eigenvalue weighted by atomic mass is 9.99. The molecule has 0 atom stereocenters. The maximum atomic E-state index is 13.4. The van der Waals surface area contributed by atoms with Gasteiger partial charge in [0, 0.05) is 32.8 Å². The highest BCUT2D eigenvalue weighted by Crippen LogP contribution is 2.29. The van der Waals surface area contributed by atoms with Gasteiger partial charge in [0.2, 0.25) is 5.88 Å². The third-order valence-corrected chi connectivity index (χ3v) is 5.76. The highest BCUT2D eigenvalue weighted by molar-refractivity contribution is 5.97. The van der Waals surface area contributed by atoms with Crippen LogP contribution in [-0.2, 0) is 11.3 Å². The second kappa shape index (κ2) is 8.74. The summed E-state index contributed by atoms with van der Waals surface area (Å²) in [6.07, 6.45) is 7.75. The number of aromatic hydroxyl groups is 1. The molecule has 2 aromatic heterocycles. The molecule has 1 saturated heterocycles. The molecule has 168 valence electrons. The molecule has 0 unspecified atom stereocenters. The van der Waals surface area contributed by atoms with Crippen molar-refractivity contribution in [2.75, 3.05) is 25.6 Å². The van der Waals surface area contributed by atoms with Crippen molar-refractivity contribution in [1.29, 1.82) is 0 Å². The van der Waals surface area contributed by atoms with Gasteiger partial charge >= 0.3 is 0 Å². The molecule has 2 aromatic rings. The van der Waals surface area contributed by atoms with Gasteiger partial charge in [-0.2, -0.15) is 4.52 Å². The molecule has 2 aliphatic rings. The van der Waals surface area contributed by atoms with E-state index in [2.05, 4.69) is 21.8 Å². The van der Waals surface area contributed by atoms with Gasteiger partial charge in [0.15, 0.2) is 17.0 Å². The fourth-order valence-electron chi connectivity index (χ4n) is 3.96. The Balaban J connectivity index is 1.88. The van der Waals surface area contributed by atoms with E-state index in [4.69, 9.17) is 4.74 Å². The molecule has 1 saturated carbocycles. The lowest BCUT2D eigenvalue weighted by Crippen LogP contribution is -2.36. The van der Waals surface area contributed by atoms with E-state index in [0.29, 0.717) is 23.9 Å². The van der Waals surface area contributed by atoms with Gasteiger partial charge in [-0.15, -0.1) is 5.10 Å². The summed E-state index contributed by atoms with van der Waals surface area (Å²) in [6, 6.07) is 0.0732. The van der Waals surface area contributed by atoms with Gasteiger partial charge in [-0.1, -0.05) is 26.0 Å². The van der Waals surface area contributed by atoms with Crippen molar-refractivity contribution < 1.29 is 14.6 Å². The molecular weight excluding hydrogens is 398 g/mol. The minimum atomic E-state index is -0.551. The van der Waals surface area contributed by atoms with E-state index in [1.807, 2.05) is 19.9 Å². The molecule has 9 heteroatoms. The quantitative estimate of drug-likeness (QED) is 0.623. The number of nitrogens with one attached hydrogen (secondary N) is 2. The maximum absolute atomic E-state index is 13.4. The molecule has 3 heterocycles. The highest BCUT2D eigenvalue weighted by Gasteiger charge is 2.30. The van der Waals surface area contributed by atoms with E-state index in [9.17, 15) is 14.7 Å². The molecule has 0 spiro atoms. The van der Waals surface area contributed by atoms with E-state index in [-0.39, 0.29) is 17.5 Å². The number of fused-ring (bicyclic) bond motifs is 1. The van der Waals surface area contributed by atoms with Crippen LogP contribution in [0.15, 0.2) is 10.9 Å². The van der Waals surface area contributed by atoms with Crippen molar-refractivity contribution in [3.05, 3.63) is 27.6 Å². The number of carbonyl (C=O) groups excluding carboxylic acids is 1. The average Bonchev–Trinajstić information content (AvgIpc) is 3.47. The number of carbonyl (C=O) groups is 1. The van der Waals surface area contributed by atoms with Crippen molar-refractivity contribution >= 4 is 23.4 Å². The minimum Gasteiger partial charge on any atom is -0.492 e. The average molecular weight is 430 g/mol. The first-order valence-corrected chi connectivity index (χ1v) is 11.0. The highest BCUT2D eigenvalue weighted by atomic mass is 16.5. The summed E-state index contributed by atoms with van der Waals surface area (Å²) in [4.78, 5) is 26.1. The fraction of sp³-hybridized carbons (Fsp3) is 0.591. The number of hydrogen-bond donors (Lipinski definition) is 3. The molecule has 0 radical (unpaired) electrons. The van der Waals surface area contributed by atoms with E-state index >= 15 is 0 Å². The van der Waals surface area contributed by atoms with Crippen molar-refractivity contribution in [1.82, 2.24) is 19.5 Å². The number of allylic oxidation sites excluding steroid dienone is 1. The zero-order valence-electron chi connectivity index (χ0n) is 18.4. The topological polar surface area (TPSA) is 110 Å². The first-order chi connectivity index (χ1) is 14.9. The van der Waals surface area contributed by atoms with Gasteiger partial charge in [-0.3, -0.25) is 14.2 Å². The predicted octanol–water partition coefficient (Wildman–Crippen LogP) is 2.23. The number of nitrogens with zero attached hydrogens (tertiary/aromatic N) is 3. The lowest BCUT2D eigenvalue weighted by molar-refractivity contribution is 0.0787. The van der Waals surface area contributed by atoms with Gasteiger partial charge in [0.25, 0.3) is 11.5 Å². The molecule has 1 amide bonds. The molecule has 1 aliphatic carbocycles. The summed E-state index contributed by atoms with van der Waals surface area (Å²) >= 11 is 0. The Hall–Kier alpha value is -2.81. The van der Waals surface area contributed by atoms with Gasteiger partial charge in [0.05, 0.1) is 5.56 Å². The molecule has 4 rings (SSSR count). The van der Waals surface area contributed by atoms with E-state index in [0.717, 1.165) is 44.5 Å². The Kier molecular flexibility index (Phi) is 6.04. The lowest BCUT2D eigenvalue weighted by Gasteiger charge is -2.18. The van der Waals surface area contributed by atoms with Crippen LogP contribution in [0.3, 0.4) is 0 Å². The summed E-state index contributed by atoms with van der Waals surface area (Å²) in [6.45, 7) is 5.89. The molecule has 0 aromatic carbocycles. The van der Waals surface area contributed by atoms with Crippen molar-refractivity contribution in [2.45, 2.75) is 52.1 Å². The Morgan fingerprint density at radius 1 is 1.29 bits per heavy atom. The van der Waals surface area contributed by atoms with Crippen LogP contribution in [-0.4, -0.2) is 51.5 Å². The number of ether oxygens (including phenoxy) is 1. The van der Waals surface area contributed by atoms with Crippen LogP contribution in [0.2, 0.25) is 0 Å². The van der Waals surface area contributed by atoms with Crippen molar-refractivity contribution in [3.8, 4) is 5.88 Å². The van der Waals surface area contributed by atoms with Crippen LogP contribution in [0.4, 0.5) is 5.82 Å². The monoisotopic (exact) mass is 429 g/mol. The first kappa shape index (κ1) is 21.4. The Labute approximate surface area is 181 Å². The fourth-order valence-corrected chi connectivity index (χ4v) is 3.96. The van der Waals surface area contributed by atoms with Crippen LogP contribution in [0, 0.1) is 11.8 Å². The third kappa shape index (κ3) is 4.32. The van der Waals surface area contributed by atoms with Gasteiger partial charge in [-0.25, -0.2) is 0 Å². The van der Waals surface area contributed by atoms with Crippen LogP contribution in [0.1, 0.15) is 55.5 Å². The largest absolute Gasteiger partial charge is 0.492 e. The second-order valence-corrected chi connectivity index (χ2v) is 8.81.